The average Bonchev–Trinajstić information content (AvgIpc) is 2.93. The zero-order chi connectivity index (χ0) is 13.5. The Morgan fingerprint density at radius 1 is 1.32 bits per heavy atom. The third-order valence-corrected chi connectivity index (χ3v) is 3.40. The molecule has 2 rings (SSSR count). The van der Waals surface area contributed by atoms with Crippen LogP contribution in [-0.2, 0) is 4.79 Å². The van der Waals surface area contributed by atoms with E-state index in [1.165, 1.54) is 11.3 Å². The molecule has 1 aromatic heterocycles. The first-order valence-electron chi connectivity index (χ1n) is 6.35. The SMILES string of the molecule is CCCCC(=O)NNc1nc(-c2ccccc2)cs1. The fourth-order valence-corrected chi connectivity index (χ4v) is 2.27. The predicted molar refractivity (Wildman–Crippen MR) is 78.8 cm³/mol. The van der Waals surface area contributed by atoms with E-state index in [0.29, 0.717) is 11.6 Å². The zero-order valence-electron chi connectivity index (χ0n) is 10.8. The van der Waals surface area contributed by atoms with Crippen molar-refractivity contribution in [3.8, 4) is 11.3 Å². The Labute approximate surface area is 116 Å². The Balaban J connectivity index is 1.90. The quantitative estimate of drug-likeness (QED) is 0.794. The molecule has 0 bridgehead atoms. The second-order valence-corrected chi connectivity index (χ2v) is 5.04. The van der Waals surface area contributed by atoms with Crippen molar-refractivity contribution in [1.29, 1.82) is 0 Å². The van der Waals surface area contributed by atoms with Crippen LogP contribution >= 0.6 is 11.3 Å². The number of nitrogens with zero attached hydrogens (tertiary/aromatic N) is 1. The standard InChI is InChI=1S/C14H17N3OS/c1-2-3-9-13(18)16-17-14-15-12(10-19-14)11-7-5-4-6-8-11/h4-8,10H,2-3,9H2,1H3,(H,15,17)(H,16,18). The van der Waals surface area contributed by atoms with E-state index >= 15 is 0 Å². The van der Waals surface area contributed by atoms with Crippen LogP contribution in [0.25, 0.3) is 11.3 Å². The first-order chi connectivity index (χ1) is 9.29. The molecular formula is C14H17N3OS. The molecule has 0 saturated carbocycles. The lowest BCUT2D eigenvalue weighted by Gasteiger charge is -2.04. The van der Waals surface area contributed by atoms with Gasteiger partial charge in [0.25, 0.3) is 0 Å². The summed E-state index contributed by atoms with van der Waals surface area (Å²) >= 11 is 1.47. The minimum absolute atomic E-state index is 0.00156. The van der Waals surface area contributed by atoms with Gasteiger partial charge in [0, 0.05) is 17.4 Å². The van der Waals surface area contributed by atoms with E-state index in [0.717, 1.165) is 24.1 Å². The number of hydrazine groups is 1. The van der Waals surface area contributed by atoms with Crippen molar-refractivity contribution >= 4 is 22.4 Å². The van der Waals surface area contributed by atoms with E-state index in [9.17, 15) is 4.79 Å². The number of anilines is 1. The molecule has 0 spiro atoms. The topological polar surface area (TPSA) is 54.0 Å². The lowest BCUT2D eigenvalue weighted by atomic mass is 10.2. The number of carbonyl (C=O) groups excluding carboxylic acids is 1. The van der Waals surface area contributed by atoms with Crippen LogP contribution in [0.3, 0.4) is 0 Å². The summed E-state index contributed by atoms with van der Waals surface area (Å²) < 4.78 is 0. The summed E-state index contributed by atoms with van der Waals surface area (Å²) in [6, 6.07) is 9.96. The molecule has 0 radical (unpaired) electrons. The molecule has 0 fully saturated rings. The smallest absolute Gasteiger partial charge is 0.238 e. The van der Waals surface area contributed by atoms with Crippen LogP contribution in [0.1, 0.15) is 26.2 Å². The summed E-state index contributed by atoms with van der Waals surface area (Å²) in [6.07, 6.45) is 2.46. The minimum Gasteiger partial charge on any atom is -0.273 e. The summed E-state index contributed by atoms with van der Waals surface area (Å²) in [6.45, 7) is 2.06. The van der Waals surface area contributed by atoms with Gasteiger partial charge in [-0.15, -0.1) is 11.3 Å². The molecule has 0 aliphatic heterocycles. The third-order valence-electron chi connectivity index (χ3n) is 2.64. The van der Waals surface area contributed by atoms with Gasteiger partial charge < -0.3 is 0 Å². The molecule has 5 heteroatoms. The van der Waals surface area contributed by atoms with Crippen LogP contribution in [0.15, 0.2) is 35.7 Å². The number of hydrogen-bond donors (Lipinski definition) is 2. The van der Waals surface area contributed by atoms with Crippen LogP contribution in [-0.4, -0.2) is 10.9 Å². The first kappa shape index (κ1) is 13.5. The average molecular weight is 275 g/mol. The molecule has 1 heterocycles. The van der Waals surface area contributed by atoms with E-state index in [-0.39, 0.29) is 5.91 Å². The van der Waals surface area contributed by atoms with Gasteiger partial charge in [-0.1, -0.05) is 43.7 Å². The Morgan fingerprint density at radius 2 is 2.11 bits per heavy atom. The summed E-state index contributed by atoms with van der Waals surface area (Å²) in [4.78, 5) is 15.9. The molecule has 4 nitrogen and oxygen atoms in total. The number of nitrogens with one attached hydrogen (secondary N) is 2. The van der Waals surface area contributed by atoms with E-state index in [1.54, 1.807) is 0 Å². The summed E-state index contributed by atoms with van der Waals surface area (Å²) in [7, 11) is 0. The first-order valence-corrected chi connectivity index (χ1v) is 7.23. The van der Waals surface area contributed by atoms with E-state index in [2.05, 4.69) is 22.8 Å². The maximum Gasteiger partial charge on any atom is 0.238 e. The normalized spacial score (nSPS) is 10.2. The maximum atomic E-state index is 11.5. The number of rotatable bonds is 6. The molecule has 1 amide bonds. The Hall–Kier alpha value is -1.88. The van der Waals surface area contributed by atoms with Crippen LogP contribution in [0.2, 0.25) is 0 Å². The highest BCUT2D eigenvalue weighted by Crippen LogP contribution is 2.23. The van der Waals surface area contributed by atoms with Gasteiger partial charge in [0.2, 0.25) is 11.0 Å². The highest BCUT2D eigenvalue weighted by Gasteiger charge is 2.05. The van der Waals surface area contributed by atoms with E-state index < -0.39 is 0 Å². The molecular weight excluding hydrogens is 258 g/mol. The fourth-order valence-electron chi connectivity index (χ4n) is 1.60. The number of hydrogen-bond acceptors (Lipinski definition) is 4. The summed E-state index contributed by atoms with van der Waals surface area (Å²) in [5, 5.41) is 2.67. The third kappa shape index (κ3) is 4.06. The van der Waals surface area contributed by atoms with Gasteiger partial charge in [0.1, 0.15) is 0 Å². The molecule has 2 N–H and O–H groups in total. The van der Waals surface area contributed by atoms with Gasteiger partial charge >= 0.3 is 0 Å². The van der Waals surface area contributed by atoms with Crippen molar-refractivity contribution in [3.05, 3.63) is 35.7 Å². The molecule has 19 heavy (non-hydrogen) atoms. The molecule has 0 aliphatic rings. The van der Waals surface area contributed by atoms with Gasteiger partial charge in [0.05, 0.1) is 5.69 Å². The van der Waals surface area contributed by atoms with Crippen molar-refractivity contribution in [2.45, 2.75) is 26.2 Å². The van der Waals surface area contributed by atoms with Gasteiger partial charge in [-0.05, 0) is 6.42 Å². The van der Waals surface area contributed by atoms with Crippen LogP contribution in [0, 0.1) is 0 Å². The second-order valence-electron chi connectivity index (χ2n) is 4.18. The van der Waals surface area contributed by atoms with Crippen molar-refractivity contribution < 1.29 is 4.79 Å². The second kappa shape index (κ2) is 6.89. The highest BCUT2D eigenvalue weighted by molar-refractivity contribution is 7.14. The number of aromatic nitrogens is 1. The molecule has 0 atom stereocenters. The van der Waals surface area contributed by atoms with Crippen LogP contribution in [0.5, 0.6) is 0 Å². The van der Waals surface area contributed by atoms with Crippen molar-refractivity contribution in [3.63, 3.8) is 0 Å². The lowest BCUT2D eigenvalue weighted by Crippen LogP contribution is -2.28. The molecule has 2 aromatic rings. The predicted octanol–water partition coefficient (Wildman–Crippen LogP) is 3.44. The van der Waals surface area contributed by atoms with Gasteiger partial charge in [-0.2, -0.15) is 0 Å². The lowest BCUT2D eigenvalue weighted by molar-refractivity contribution is -0.120. The number of carbonyl (C=O) groups is 1. The Kier molecular flexibility index (Phi) is 4.92. The number of thiazole rings is 1. The van der Waals surface area contributed by atoms with E-state index in [1.807, 2.05) is 35.7 Å². The van der Waals surface area contributed by atoms with Crippen molar-refractivity contribution in [2.75, 3.05) is 5.43 Å². The largest absolute Gasteiger partial charge is 0.273 e. The molecule has 0 aliphatic carbocycles. The van der Waals surface area contributed by atoms with Crippen molar-refractivity contribution in [1.82, 2.24) is 10.4 Å². The zero-order valence-corrected chi connectivity index (χ0v) is 11.7. The monoisotopic (exact) mass is 275 g/mol. The Morgan fingerprint density at radius 3 is 2.84 bits per heavy atom. The van der Waals surface area contributed by atoms with Crippen LogP contribution in [0.4, 0.5) is 5.13 Å². The van der Waals surface area contributed by atoms with Gasteiger partial charge in [-0.25, -0.2) is 4.98 Å². The number of amides is 1. The highest BCUT2D eigenvalue weighted by atomic mass is 32.1. The minimum atomic E-state index is -0.00156. The molecule has 100 valence electrons. The summed E-state index contributed by atoms with van der Waals surface area (Å²) in [5.74, 6) is -0.00156. The van der Waals surface area contributed by atoms with Gasteiger partial charge in [0.15, 0.2) is 0 Å². The molecule has 0 unspecified atom stereocenters. The number of unbranched alkanes of at least 4 members (excludes halogenated alkanes) is 1. The van der Waals surface area contributed by atoms with Crippen molar-refractivity contribution in [2.24, 2.45) is 0 Å². The fraction of sp³-hybridized carbons (Fsp3) is 0.286. The molecule has 0 saturated heterocycles. The van der Waals surface area contributed by atoms with E-state index in [4.69, 9.17) is 0 Å². The molecule has 1 aromatic carbocycles. The van der Waals surface area contributed by atoms with Gasteiger partial charge in [-0.3, -0.25) is 15.6 Å². The Bertz CT molecular complexity index is 524. The number of benzene rings is 1. The van der Waals surface area contributed by atoms with Crippen LogP contribution < -0.4 is 10.9 Å². The maximum absolute atomic E-state index is 11.5. The summed E-state index contributed by atoms with van der Waals surface area (Å²) in [5.41, 5.74) is 7.49.